The van der Waals surface area contributed by atoms with Gasteiger partial charge in [-0.05, 0) is 43.7 Å². The zero-order valence-electron chi connectivity index (χ0n) is 14.7. The molecular formula is C20H25ClN2O2. The fourth-order valence-corrected chi connectivity index (χ4v) is 2.72. The lowest BCUT2D eigenvalue weighted by molar-refractivity contribution is -0.116. The van der Waals surface area contributed by atoms with E-state index in [1.807, 2.05) is 56.4 Å². The summed E-state index contributed by atoms with van der Waals surface area (Å²) >= 11 is 6.06. The van der Waals surface area contributed by atoms with Crippen molar-refractivity contribution in [2.24, 2.45) is 0 Å². The highest BCUT2D eigenvalue weighted by Crippen LogP contribution is 2.23. The molecule has 134 valence electrons. The summed E-state index contributed by atoms with van der Waals surface area (Å²) in [7, 11) is 1.95. The van der Waals surface area contributed by atoms with Gasteiger partial charge in [-0.1, -0.05) is 48.0 Å². The number of nitrogens with zero attached hydrogens (tertiary/aromatic N) is 1. The van der Waals surface area contributed by atoms with Crippen molar-refractivity contribution in [1.29, 1.82) is 0 Å². The molecule has 2 N–H and O–H groups in total. The smallest absolute Gasteiger partial charge is 0.225 e. The molecule has 0 radical (unpaired) electrons. The molecule has 0 fully saturated rings. The number of rotatable bonds is 8. The van der Waals surface area contributed by atoms with Crippen LogP contribution in [0.15, 0.2) is 48.5 Å². The number of anilines is 1. The molecule has 0 aliphatic rings. The summed E-state index contributed by atoms with van der Waals surface area (Å²) in [5.41, 5.74) is 2.54. The summed E-state index contributed by atoms with van der Waals surface area (Å²) in [6, 6.07) is 15.1. The summed E-state index contributed by atoms with van der Waals surface area (Å²) in [4.78, 5) is 14.2. The standard InChI is InChI=1S/C20H25ClN2O2/c1-15-17(21)9-6-10-18(15)22-20(25)12-14-23(2)13-11-19(24)16-7-4-3-5-8-16/h3-10,19,24H,11-14H2,1-2H3,(H,22,25)/t19-/m1/s1. The van der Waals surface area contributed by atoms with Gasteiger partial charge >= 0.3 is 0 Å². The van der Waals surface area contributed by atoms with E-state index in [1.165, 1.54) is 0 Å². The van der Waals surface area contributed by atoms with Gasteiger partial charge in [0.1, 0.15) is 0 Å². The largest absolute Gasteiger partial charge is 0.388 e. The number of carbonyl (C=O) groups excluding carboxylic acids is 1. The van der Waals surface area contributed by atoms with E-state index >= 15 is 0 Å². The fourth-order valence-electron chi connectivity index (χ4n) is 2.54. The Kier molecular flexibility index (Phi) is 7.44. The quantitative estimate of drug-likeness (QED) is 0.747. The number of hydrogen-bond donors (Lipinski definition) is 2. The van der Waals surface area contributed by atoms with Crippen LogP contribution in [0.4, 0.5) is 5.69 Å². The number of carbonyl (C=O) groups is 1. The number of hydrogen-bond acceptors (Lipinski definition) is 3. The van der Waals surface area contributed by atoms with Gasteiger partial charge in [-0.15, -0.1) is 0 Å². The molecule has 2 rings (SSSR count). The number of benzene rings is 2. The van der Waals surface area contributed by atoms with E-state index in [0.717, 1.165) is 23.4 Å². The maximum atomic E-state index is 12.1. The lowest BCUT2D eigenvalue weighted by Gasteiger charge is -2.19. The third-order valence-electron chi connectivity index (χ3n) is 4.23. The molecule has 1 atom stereocenters. The van der Waals surface area contributed by atoms with Crippen LogP contribution < -0.4 is 5.32 Å². The van der Waals surface area contributed by atoms with E-state index in [0.29, 0.717) is 24.4 Å². The number of nitrogens with one attached hydrogen (secondary N) is 1. The lowest BCUT2D eigenvalue weighted by Crippen LogP contribution is -2.26. The predicted molar refractivity (Wildman–Crippen MR) is 103 cm³/mol. The maximum absolute atomic E-state index is 12.1. The first-order valence-electron chi connectivity index (χ1n) is 8.44. The van der Waals surface area contributed by atoms with Crippen LogP contribution in [-0.4, -0.2) is 36.1 Å². The summed E-state index contributed by atoms with van der Waals surface area (Å²) in [6.45, 7) is 3.24. The second kappa shape index (κ2) is 9.56. The van der Waals surface area contributed by atoms with E-state index in [2.05, 4.69) is 10.2 Å². The van der Waals surface area contributed by atoms with E-state index < -0.39 is 6.10 Å². The van der Waals surface area contributed by atoms with Gasteiger partial charge in [0, 0.05) is 30.2 Å². The number of amides is 1. The van der Waals surface area contributed by atoms with Crippen molar-refractivity contribution in [2.75, 3.05) is 25.5 Å². The molecule has 0 spiro atoms. The van der Waals surface area contributed by atoms with Crippen molar-refractivity contribution in [3.63, 3.8) is 0 Å². The van der Waals surface area contributed by atoms with E-state index in [4.69, 9.17) is 11.6 Å². The molecule has 0 heterocycles. The Balaban J connectivity index is 1.73. The highest BCUT2D eigenvalue weighted by Gasteiger charge is 2.11. The molecule has 2 aromatic rings. The molecule has 2 aromatic carbocycles. The SMILES string of the molecule is Cc1c(Cl)cccc1NC(=O)CCN(C)CC[C@@H](O)c1ccccc1. The first-order chi connectivity index (χ1) is 12.0. The van der Waals surface area contributed by atoms with Crippen LogP contribution in [0.25, 0.3) is 0 Å². The second-order valence-electron chi connectivity index (χ2n) is 6.23. The van der Waals surface area contributed by atoms with Crippen molar-refractivity contribution < 1.29 is 9.90 Å². The van der Waals surface area contributed by atoms with Crippen LogP contribution in [0.2, 0.25) is 5.02 Å². The van der Waals surface area contributed by atoms with Gasteiger partial charge in [0.2, 0.25) is 5.91 Å². The Morgan fingerprint density at radius 3 is 2.60 bits per heavy atom. The van der Waals surface area contributed by atoms with Crippen LogP contribution in [0, 0.1) is 6.92 Å². The van der Waals surface area contributed by atoms with E-state index in [9.17, 15) is 9.90 Å². The molecule has 0 bridgehead atoms. The van der Waals surface area contributed by atoms with Gasteiger partial charge in [0.25, 0.3) is 0 Å². The summed E-state index contributed by atoms with van der Waals surface area (Å²) in [6.07, 6.45) is 0.547. The molecule has 1 amide bonds. The minimum atomic E-state index is -0.480. The summed E-state index contributed by atoms with van der Waals surface area (Å²) < 4.78 is 0. The zero-order chi connectivity index (χ0) is 18.2. The van der Waals surface area contributed by atoms with Crippen LogP contribution in [0.3, 0.4) is 0 Å². The first-order valence-corrected chi connectivity index (χ1v) is 8.81. The maximum Gasteiger partial charge on any atom is 0.225 e. The first kappa shape index (κ1) is 19.4. The Labute approximate surface area is 154 Å². The molecule has 0 unspecified atom stereocenters. The van der Waals surface area contributed by atoms with Gasteiger partial charge in [-0.2, -0.15) is 0 Å². The molecular weight excluding hydrogens is 336 g/mol. The highest BCUT2D eigenvalue weighted by molar-refractivity contribution is 6.31. The Morgan fingerprint density at radius 1 is 1.16 bits per heavy atom. The van der Waals surface area contributed by atoms with E-state index in [1.54, 1.807) is 6.07 Å². The molecule has 0 aliphatic carbocycles. The molecule has 5 heteroatoms. The zero-order valence-corrected chi connectivity index (χ0v) is 15.5. The highest BCUT2D eigenvalue weighted by atomic mass is 35.5. The normalized spacial score (nSPS) is 12.2. The Hall–Kier alpha value is -1.88. The molecule has 4 nitrogen and oxygen atoms in total. The average Bonchev–Trinajstić information content (AvgIpc) is 2.62. The Morgan fingerprint density at radius 2 is 1.88 bits per heavy atom. The second-order valence-corrected chi connectivity index (χ2v) is 6.64. The van der Waals surface area contributed by atoms with Crippen molar-refractivity contribution >= 4 is 23.2 Å². The minimum absolute atomic E-state index is 0.0409. The summed E-state index contributed by atoms with van der Waals surface area (Å²) in [5, 5.41) is 13.7. The molecule has 0 aliphatic heterocycles. The predicted octanol–water partition coefficient (Wildman–Crippen LogP) is 4.03. The monoisotopic (exact) mass is 360 g/mol. The number of halogens is 1. The van der Waals surface area contributed by atoms with Crippen LogP contribution in [-0.2, 0) is 4.79 Å². The number of aliphatic hydroxyl groups excluding tert-OH is 1. The van der Waals surface area contributed by atoms with Crippen LogP contribution in [0.5, 0.6) is 0 Å². The van der Waals surface area contributed by atoms with Crippen molar-refractivity contribution in [3.8, 4) is 0 Å². The van der Waals surface area contributed by atoms with Crippen molar-refractivity contribution in [1.82, 2.24) is 4.90 Å². The third-order valence-corrected chi connectivity index (χ3v) is 4.64. The van der Waals surface area contributed by atoms with Gasteiger partial charge in [0.05, 0.1) is 6.10 Å². The van der Waals surface area contributed by atoms with Gasteiger partial charge in [-0.25, -0.2) is 0 Å². The topological polar surface area (TPSA) is 52.6 Å². The van der Waals surface area contributed by atoms with Crippen molar-refractivity contribution in [2.45, 2.75) is 25.9 Å². The average molecular weight is 361 g/mol. The van der Waals surface area contributed by atoms with Crippen molar-refractivity contribution in [3.05, 3.63) is 64.7 Å². The Bertz CT molecular complexity index is 691. The van der Waals surface area contributed by atoms with Gasteiger partial charge < -0.3 is 15.3 Å². The molecule has 0 aromatic heterocycles. The van der Waals surface area contributed by atoms with Crippen LogP contribution >= 0.6 is 11.6 Å². The molecule has 0 saturated heterocycles. The molecule has 25 heavy (non-hydrogen) atoms. The van der Waals surface area contributed by atoms with Gasteiger partial charge in [-0.3, -0.25) is 4.79 Å². The minimum Gasteiger partial charge on any atom is -0.388 e. The lowest BCUT2D eigenvalue weighted by atomic mass is 10.1. The van der Waals surface area contributed by atoms with Gasteiger partial charge in [0.15, 0.2) is 0 Å². The summed E-state index contributed by atoms with van der Waals surface area (Å²) in [5.74, 6) is -0.0409. The number of aliphatic hydroxyl groups is 1. The van der Waals surface area contributed by atoms with E-state index in [-0.39, 0.29) is 5.91 Å². The third kappa shape index (κ3) is 6.16. The fraction of sp³-hybridized carbons (Fsp3) is 0.350. The van der Waals surface area contributed by atoms with Crippen LogP contribution in [0.1, 0.15) is 30.1 Å². The molecule has 0 saturated carbocycles.